The number of nitrogens with zero attached hydrogens (tertiary/aromatic N) is 2. The quantitative estimate of drug-likeness (QED) is 0.554. The van der Waals surface area contributed by atoms with Gasteiger partial charge >= 0.3 is 0 Å². The SMILES string of the molecule is CCC(C)c1ccc(S(=O)(=O)N2CCN(C(=O)CCc3cc(OC)ccc3OC)CC2)cc1. The molecule has 1 atom stereocenters. The third kappa shape index (κ3) is 5.86. The first kappa shape index (κ1) is 25.1. The molecule has 1 unspecified atom stereocenters. The molecule has 2 aromatic carbocycles. The predicted molar refractivity (Wildman–Crippen MR) is 128 cm³/mol. The van der Waals surface area contributed by atoms with Crippen molar-refractivity contribution in [2.75, 3.05) is 40.4 Å². The zero-order chi connectivity index (χ0) is 24.0. The number of benzene rings is 2. The van der Waals surface area contributed by atoms with Gasteiger partial charge in [0.25, 0.3) is 0 Å². The Morgan fingerprint density at radius 1 is 1.00 bits per heavy atom. The van der Waals surface area contributed by atoms with Crippen LogP contribution >= 0.6 is 0 Å². The van der Waals surface area contributed by atoms with Crippen molar-refractivity contribution >= 4 is 15.9 Å². The van der Waals surface area contributed by atoms with E-state index in [0.717, 1.165) is 23.3 Å². The highest BCUT2D eigenvalue weighted by Gasteiger charge is 2.30. The minimum Gasteiger partial charge on any atom is -0.497 e. The normalized spacial score (nSPS) is 15.8. The van der Waals surface area contributed by atoms with E-state index >= 15 is 0 Å². The van der Waals surface area contributed by atoms with Crippen molar-refractivity contribution in [2.24, 2.45) is 0 Å². The van der Waals surface area contributed by atoms with Crippen molar-refractivity contribution in [3.8, 4) is 11.5 Å². The summed E-state index contributed by atoms with van der Waals surface area (Å²) in [4.78, 5) is 14.8. The second-order valence-electron chi connectivity index (χ2n) is 8.34. The number of carbonyl (C=O) groups is 1. The fourth-order valence-electron chi connectivity index (χ4n) is 4.01. The first-order valence-electron chi connectivity index (χ1n) is 11.4. The van der Waals surface area contributed by atoms with Crippen LogP contribution < -0.4 is 9.47 Å². The number of methoxy groups -OCH3 is 2. The second-order valence-corrected chi connectivity index (χ2v) is 10.3. The number of amides is 1. The molecule has 1 fully saturated rings. The van der Waals surface area contributed by atoms with Crippen molar-refractivity contribution in [1.29, 1.82) is 0 Å². The van der Waals surface area contributed by atoms with Gasteiger partial charge in [-0.1, -0.05) is 26.0 Å². The van der Waals surface area contributed by atoms with Gasteiger partial charge in [-0.25, -0.2) is 8.42 Å². The minimum atomic E-state index is -3.57. The topological polar surface area (TPSA) is 76.2 Å². The lowest BCUT2D eigenvalue weighted by Gasteiger charge is -2.34. The number of aryl methyl sites for hydroxylation is 1. The molecule has 3 rings (SSSR count). The smallest absolute Gasteiger partial charge is 0.243 e. The van der Waals surface area contributed by atoms with Crippen LogP contribution in [0.25, 0.3) is 0 Å². The molecule has 33 heavy (non-hydrogen) atoms. The van der Waals surface area contributed by atoms with Gasteiger partial charge in [-0.2, -0.15) is 4.31 Å². The lowest BCUT2D eigenvalue weighted by atomic mass is 9.99. The number of ether oxygens (including phenoxy) is 2. The van der Waals surface area contributed by atoms with Crippen molar-refractivity contribution in [1.82, 2.24) is 9.21 Å². The monoisotopic (exact) mass is 474 g/mol. The zero-order valence-corrected chi connectivity index (χ0v) is 20.7. The van der Waals surface area contributed by atoms with Crippen LogP contribution in [-0.2, 0) is 21.2 Å². The lowest BCUT2D eigenvalue weighted by molar-refractivity contribution is -0.132. The van der Waals surface area contributed by atoms with Gasteiger partial charge < -0.3 is 14.4 Å². The molecule has 7 nitrogen and oxygen atoms in total. The largest absolute Gasteiger partial charge is 0.497 e. The Balaban J connectivity index is 1.57. The van der Waals surface area contributed by atoms with Crippen molar-refractivity contribution in [2.45, 2.75) is 43.9 Å². The van der Waals surface area contributed by atoms with E-state index in [9.17, 15) is 13.2 Å². The van der Waals surface area contributed by atoms with Crippen LogP contribution in [0.5, 0.6) is 11.5 Å². The van der Waals surface area contributed by atoms with Gasteiger partial charge in [-0.05, 0) is 60.2 Å². The molecule has 0 aromatic heterocycles. The van der Waals surface area contributed by atoms with Gasteiger partial charge in [0.1, 0.15) is 11.5 Å². The van der Waals surface area contributed by atoms with Gasteiger partial charge in [0, 0.05) is 32.6 Å². The highest BCUT2D eigenvalue weighted by Crippen LogP contribution is 2.26. The van der Waals surface area contributed by atoms with Crippen LogP contribution in [0.15, 0.2) is 47.4 Å². The van der Waals surface area contributed by atoms with Crippen molar-refractivity contribution in [3.05, 3.63) is 53.6 Å². The highest BCUT2D eigenvalue weighted by atomic mass is 32.2. The molecule has 1 aliphatic heterocycles. The Morgan fingerprint density at radius 2 is 1.67 bits per heavy atom. The number of piperazine rings is 1. The van der Waals surface area contributed by atoms with E-state index in [4.69, 9.17) is 9.47 Å². The van der Waals surface area contributed by atoms with Crippen LogP contribution in [0.4, 0.5) is 0 Å². The lowest BCUT2D eigenvalue weighted by Crippen LogP contribution is -2.50. The number of hydrogen-bond donors (Lipinski definition) is 0. The minimum absolute atomic E-state index is 0.00910. The summed E-state index contributed by atoms with van der Waals surface area (Å²) in [7, 11) is -0.364. The Morgan fingerprint density at radius 3 is 2.24 bits per heavy atom. The fraction of sp³-hybridized carbons (Fsp3) is 0.480. The summed E-state index contributed by atoms with van der Waals surface area (Å²) in [5.41, 5.74) is 2.05. The molecule has 2 aromatic rings. The van der Waals surface area contributed by atoms with E-state index in [1.807, 2.05) is 30.3 Å². The van der Waals surface area contributed by atoms with E-state index in [1.54, 1.807) is 31.3 Å². The van der Waals surface area contributed by atoms with E-state index in [0.29, 0.717) is 55.6 Å². The zero-order valence-electron chi connectivity index (χ0n) is 19.9. The summed E-state index contributed by atoms with van der Waals surface area (Å²) >= 11 is 0. The third-order valence-corrected chi connectivity index (χ3v) is 8.30. The Hall–Kier alpha value is -2.58. The van der Waals surface area contributed by atoms with E-state index in [2.05, 4.69) is 13.8 Å². The fourth-order valence-corrected chi connectivity index (χ4v) is 5.43. The maximum Gasteiger partial charge on any atom is 0.243 e. The highest BCUT2D eigenvalue weighted by molar-refractivity contribution is 7.89. The first-order chi connectivity index (χ1) is 15.8. The maximum atomic E-state index is 13.1. The number of sulfonamides is 1. The molecule has 0 bridgehead atoms. The van der Waals surface area contributed by atoms with Crippen molar-refractivity contribution in [3.63, 3.8) is 0 Å². The van der Waals surface area contributed by atoms with E-state index in [-0.39, 0.29) is 5.91 Å². The van der Waals surface area contributed by atoms with Crippen LogP contribution in [0.3, 0.4) is 0 Å². The molecule has 180 valence electrons. The molecule has 8 heteroatoms. The summed E-state index contributed by atoms with van der Waals surface area (Å²) in [6.07, 6.45) is 1.86. The van der Waals surface area contributed by atoms with Gasteiger partial charge in [-0.15, -0.1) is 0 Å². The predicted octanol–water partition coefficient (Wildman–Crippen LogP) is 3.68. The maximum absolute atomic E-state index is 13.1. The number of carbonyl (C=O) groups excluding carboxylic acids is 1. The first-order valence-corrected chi connectivity index (χ1v) is 12.8. The number of rotatable bonds is 9. The van der Waals surface area contributed by atoms with E-state index < -0.39 is 10.0 Å². The standard InChI is InChI=1S/C25H34N2O5S/c1-5-19(2)20-6-10-23(11-7-20)33(29,30)27-16-14-26(15-17-27)25(28)13-8-21-18-22(31-3)9-12-24(21)32-4/h6-7,9-12,18-19H,5,8,13-17H2,1-4H3. The van der Waals surface area contributed by atoms with Crippen LogP contribution in [0, 0.1) is 0 Å². The van der Waals surface area contributed by atoms with Gasteiger partial charge in [0.15, 0.2) is 0 Å². The van der Waals surface area contributed by atoms with Crippen LogP contribution in [0.1, 0.15) is 43.7 Å². The van der Waals surface area contributed by atoms with Crippen molar-refractivity contribution < 1.29 is 22.7 Å². The molecule has 0 spiro atoms. The van der Waals surface area contributed by atoms with Crippen LogP contribution in [-0.4, -0.2) is 63.9 Å². The summed E-state index contributed by atoms with van der Waals surface area (Å²) in [5, 5.41) is 0. The molecule has 0 N–H and O–H groups in total. The summed E-state index contributed by atoms with van der Waals surface area (Å²) < 4.78 is 38.2. The molecule has 0 radical (unpaired) electrons. The Bertz CT molecular complexity index is 1040. The average Bonchev–Trinajstić information content (AvgIpc) is 2.86. The molecule has 1 aliphatic rings. The van der Waals surface area contributed by atoms with Gasteiger partial charge in [0.2, 0.25) is 15.9 Å². The van der Waals surface area contributed by atoms with E-state index in [1.165, 1.54) is 4.31 Å². The number of hydrogen-bond acceptors (Lipinski definition) is 5. The molecule has 0 saturated carbocycles. The third-order valence-electron chi connectivity index (χ3n) is 6.39. The average molecular weight is 475 g/mol. The molecular weight excluding hydrogens is 440 g/mol. The Kier molecular flexibility index (Phi) is 8.37. The van der Waals surface area contributed by atoms with Gasteiger partial charge in [-0.3, -0.25) is 4.79 Å². The summed E-state index contributed by atoms with van der Waals surface area (Å²) in [6, 6.07) is 12.7. The van der Waals surface area contributed by atoms with Crippen LogP contribution in [0.2, 0.25) is 0 Å². The molecule has 1 amide bonds. The molecule has 0 aliphatic carbocycles. The summed E-state index contributed by atoms with van der Waals surface area (Å²) in [5.74, 6) is 1.84. The molecule has 1 heterocycles. The van der Waals surface area contributed by atoms with Gasteiger partial charge in [0.05, 0.1) is 19.1 Å². The Labute approximate surface area is 197 Å². The summed E-state index contributed by atoms with van der Waals surface area (Å²) in [6.45, 7) is 5.61. The second kappa shape index (κ2) is 11.0. The molecule has 1 saturated heterocycles. The molecular formula is C25H34N2O5S.